The van der Waals surface area contributed by atoms with Crippen molar-refractivity contribution in [3.63, 3.8) is 0 Å². The Morgan fingerprint density at radius 1 is 1.00 bits per heavy atom. The van der Waals surface area contributed by atoms with E-state index in [9.17, 15) is 0 Å². The third-order valence-electron chi connectivity index (χ3n) is 6.11. The first-order chi connectivity index (χ1) is 16.8. The number of hydrogen-bond acceptors (Lipinski definition) is 8. The highest BCUT2D eigenvalue weighted by Gasteiger charge is 2.13. The third kappa shape index (κ3) is 5.39. The molecular weight excluding hydrogens is 430 g/mol. The second-order valence-electron chi connectivity index (χ2n) is 8.32. The average Bonchev–Trinajstić information content (AvgIpc) is 2.90. The lowest BCUT2D eigenvalue weighted by Gasteiger charge is -2.28. The van der Waals surface area contributed by atoms with E-state index in [4.69, 9.17) is 25.6 Å². The standard InChI is InChI=1S/C26H29N5O3/c1-2-20-17-21-19-27-26(28-22-3-5-23(6-4-22)31-10-14-33-15-11-31)29-24(21)18-25(20)34-16-9-30-7-12-32-13-8-30/h1,3-6,17-19H,7-16H2,(H,27,28,29). The molecule has 176 valence electrons. The summed E-state index contributed by atoms with van der Waals surface area (Å²) < 4.78 is 16.9. The number of ether oxygens (including phenoxy) is 3. The Kier molecular flexibility index (Phi) is 7.05. The Labute approximate surface area is 199 Å². The summed E-state index contributed by atoms with van der Waals surface area (Å²) in [7, 11) is 0. The van der Waals surface area contributed by atoms with Crippen LogP contribution in [-0.4, -0.2) is 80.6 Å². The molecule has 5 rings (SSSR count). The molecule has 2 aromatic carbocycles. The van der Waals surface area contributed by atoms with Crippen molar-refractivity contribution in [1.82, 2.24) is 14.9 Å². The molecule has 0 amide bonds. The number of terminal acetylenes is 1. The van der Waals surface area contributed by atoms with Gasteiger partial charge in [0.2, 0.25) is 5.95 Å². The van der Waals surface area contributed by atoms with Crippen LogP contribution in [0.1, 0.15) is 5.56 Å². The van der Waals surface area contributed by atoms with Gasteiger partial charge in [-0.25, -0.2) is 9.97 Å². The number of nitrogens with one attached hydrogen (secondary N) is 1. The van der Waals surface area contributed by atoms with E-state index in [-0.39, 0.29) is 0 Å². The lowest BCUT2D eigenvalue weighted by molar-refractivity contribution is 0.0322. The summed E-state index contributed by atoms with van der Waals surface area (Å²) in [6.07, 6.45) is 7.52. The average molecular weight is 460 g/mol. The molecule has 0 spiro atoms. The second kappa shape index (κ2) is 10.7. The van der Waals surface area contributed by atoms with Gasteiger partial charge in [0.05, 0.1) is 37.5 Å². The van der Waals surface area contributed by atoms with Crippen molar-refractivity contribution >= 4 is 28.2 Å². The van der Waals surface area contributed by atoms with Gasteiger partial charge >= 0.3 is 0 Å². The molecule has 0 radical (unpaired) electrons. The Balaban J connectivity index is 1.27. The van der Waals surface area contributed by atoms with Crippen LogP contribution in [0.4, 0.5) is 17.3 Å². The fraction of sp³-hybridized carbons (Fsp3) is 0.385. The van der Waals surface area contributed by atoms with Gasteiger partial charge in [-0.05, 0) is 30.3 Å². The van der Waals surface area contributed by atoms with Gasteiger partial charge in [-0.15, -0.1) is 6.42 Å². The van der Waals surface area contributed by atoms with E-state index >= 15 is 0 Å². The maximum Gasteiger partial charge on any atom is 0.227 e. The second-order valence-corrected chi connectivity index (χ2v) is 8.32. The van der Waals surface area contributed by atoms with E-state index < -0.39 is 0 Å². The fourth-order valence-electron chi connectivity index (χ4n) is 4.17. The Bertz CT molecular complexity index is 1150. The van der Waals surface area contributed by atoms with E-state index in [2.05, 4.69) is 38.2 Å². The molecule has 0 saturated carbocycles. The number of benzene rings is 2. The number of morpholine rings is 2. The highest BCUT2D eigenvalue weighted by Crippen LogP contribution is 2.26. The first-order valence-corrected chi connectivity index (χ1v) is 11.7. The largest absolute Gasteiger partial charge is 0.491 e. The van der Waals surface area contributed by atoms with Gasteiger partial charge in [0.25, 0.3) is 0 Å². The predicted octanol–water partition coefficient (Wildman–Crippen LogP) is 2.90. The first-order valence-electron chi connectivity index (χ1n) is 11.7. The van der Waals surface area contributed by atoms with Crippen molar-refractivity contribution in [2.45, 2.75) is 0 Å². The molecule has 2 saturated heterocycles. The van der Waals surface area contributed by atoms with Crippen LogP contribution in [-0.2, 0) is 9.47 Å². The minimum atomic E-state index is 0.527. The SMILES string of the molecule is C#Cc1cc2cnc(Nc3ccc(N4CCOCC4)cc3)nc2cc1OCCN1CCOCC1. The number of hydrogen-bond donors (Lipinski definition) is 1. The van der Waals surface area contributed by atoms with E-state index in [1.807, 2.05) is 24.3 Å². The summed E-state index contributed by atoms with van der Waals surface area (Å²) in [4.78, 5) is 13.8. The lowest BCUT2D eigenvalue weighted by atomic mass is 10.1. The number of fused-ring (bicyclic) bond motifs is 1. The van der Waals surface area contributed by atoms with Crippen molar-refractivity contribution < 1.29 is 14.2 Å². The van der Waals surface area contributed by atoms with Crippen LogP contribution in [0.5, 0.6) is 5.75 Å². The smallest absolute Gasteiger partial charge is 0.227 e. The van der Waals surface area contributed by atoms with Crippen molar-refractivity contribution in [3.05, 3.63) is 48.2 Å². The highest BCUT2D eigenvalue weighted by molar-refractivity contribution is 5.83. The summed E-state index contributed by atoms with van der Waals surface area (Å²) in [5.74, 6) is 3.92. The molecule has 2 fully saturated rings. The highest BCUT2D eigenvalue weighted by atomic mass is 16.5. The van der Waals surface area contributed by atoms with Gasteiger partial charge in [0.15, 0.2) is 0 Å². The summed E-state index contributed by atoms with van der Waals surface area (Å²) in [5, 5.41) is 4.17. The van der Waals surface area contributed by atoms with Gasteiger partial charge in [0.1, 0.15) is 12.4 Å². The molecule has 34 heavy (non-hydrogen) atoms. The van der Waals surface area contributed by atoms with Crippen LogP contribution in [0.25, 0.3) is 10.9 Å². The van der Waals surface area contributed by atoms with Gasteiger partial charge in [-0.2, -0.15) is 0 Å². The van der Waals surface area contributed by atoms with Crippen molar-refractivity contribution in [2.75, 3.05) is 76.0 Å². The Morgan fingerprint density at radius 3 is 2.47 bits per heavy atom. The number of nitrogens with zero attached hydrogens (tertiary/aromatic N) is 4. The molecule has 1 aromatic heterocycles. The number of rotatable bonds is 7. The summed E-state index contributed by atoms with van der Waals surface area (Å²) in [5.41, 5.74) is 3.60. The van der Waals surface area contributed by atoms with Gasteiger partial charge < -0.3 is 24.4 Å². The molecule has 8 nitrogen and oxygen atoms in total. The minimum Gasteiger partial charge on any atom is -0.491 e. The molecule has 1 N–H and O–H groups in total. The quantitative estimate of drug-likeness (QED) is 0.541. The molecule has 3 heterocycles. The first kappa shape index (κ1) is 22.4. The van der Waals surface area contributed by atoms with Crippen LogP contribution >= 0.6 is 0 Å². The van der Waals surface area contributed by atoms with Crippen LogP contribution < -0.4 is 15.0 Å². The molecule has 3 aromatic rings. The van der Waals surface area contributed by atoms with Gasteiger partial charge in [-0.3, -0.25) is 4.90 Å². The van der Waals surface area contributed by atoms with E-state index in [1.165, 1.54) is 5.69 Å². The van der Waals surface area contributed by atoms with Crippen LogP contribution in [0.15, 0.2) is 42.6 Å². The Hall–Kier alpha value is -3.38. The summed E-state index contributed by atoms with van der Waals surface area (Å²) in [6, 6.07) is 12.1. The zero-order valence-corrected chi connectivity index (χ0v) is 19.2. The maximum absolute atomic E-state index is 6.05. The van der Waals surface area contributed by atoms with Crippen molar-refractivity contribution in [1.29, 1.82) is 0 Å². The summed E-state index contributed by atoms with van der Waals surface area (Å²) in [6.45, 7) is 8.17. The van der Waals surface area contributed by atoms with E-state index in [1.54, 1.807) is 6.20 Å². The van der Waals surface area contributed by atoms with Crippen LogP contribution in [0.2, 0.25) is 0 Å². The minimum absolute atomic E-state index is 0.527. The summed E-state index contributed by atoms with van der Waals surface area (Å²) >= 11 is 0. The molecule has 0 aliphatic carbocycles. The molecule has 2 aliphatic rings. The third-order valence-corrected chi connectivity index (χ3v) is 6.11. The normalized spacial score (nSPS) is 16.9. The molecular formula is C26H29N5O3. The maximum atomic E-state index is 6.05. The molecule has 2 aliphatic heterocycles. The zero-order chi connectivity index (χ0) is 23.2. The molecule has 0 bridgehead atoms. The van der Waals surface area contributed by atoms with E-state index in [0.717, 1.165) is 75.7 Å². The molecule has 0 unspecified atom stereocenters. The predicted molar refractivity (Wildman–Crippen MR) is 133 cm³/mol. The molecule has 8 heteroatoms. The molecule has 0 atom stereocenters. The van der Waals surface area contributed by atoms with E-state index in [0.29, 0.717) is 23.9 Å². The fourth-order valence-corrected chi connectivity index (χ4v) is 4.17. The van der Waals surface area contributed by atoms with Gasteiger partial charge in [0, 0.05) is 61.7 Å². The zero-order valence-electron chi connectivity index (χ0n) is 19.2. The lowest BCUT2D eigenvalue weighted by Crippen LogP contribution is -2.38. The van der Waals surface area contributed by atoms with Crippen molar-refractivity contribution in [2.24, 2.45) is 0 Å². The monoisotopic (exact) mass is 459 g/mol. The van der Waals surface area contributed by atoms with Crippen molar-refractivity contribution in [3.8, 4) is 18.1 Å². The number of aromatic nitrogens is 2. The number of anilines is 3. The Morgan fingerprint density at radius 2 is 1.74 bits per heavy atom. The van der Waals surface area contributed by atoms with Gasteiger partial charge in [-0.1, -0.05) is 5.92 Å². The topological polar surface area (TPSA) is 72.0 Å². The van der Waals surface area contributed by atoms with Crippen LogP contribution in [0, 0.1) is 12.3 Å². The van der Waals surface area contributed by atoms with Crippen LogP contribution in [0.3, 0.4) is 0 Å².